The highest BCUT2D eigenvalue weighted by Crippen LogP contribution is 2.20. The van der Waals surface area contributed by atoms with Crippen LogP contribution >= 0.6 is 0 Å². The molecule has 0 aliphatic carbocycles. The van der Waals surface area contributed by atoms with E-state index in [0.29, 0.717) is 17.9 Å². The number of benzene rings is 1. The van der Waals surface area contributed by atoms with Gasteiger partial charge in [0.2, 0.25) is 0 Å². The summed E-state index contributed by atoms with van der Waals surface area (Å²) in [5.41, 5.74) is 6.07. The molecule has 1 heterocycles. The van der Waals surface area contributed by atoms with Gasteiger partial charge in [-0.2, -0.15) is 0 Å². The Morgan fingerprint density at radius 1 is 1.47 bits per heavy atom. The number of carbonyl (C=O) groups excluding carboxylic acids is 1. The summed E-state index contributed by atoms with van der Waals surface area (Å²) in [5, 5.41) is 3.48. The SMILES string of the molecule is CC1CC(Nc2ccc(OCC(N)=O)cc2)CCO1. The molecule has 5 heteroatoms. The van der Waals surface area contributed by atoms with Crippen molar-refractivity contribution < 1.29 is 14.3 Å². The Morgan fingerprint density at radius 2 is 2.21 bits per heavy atom. The van der Waals surface area contributed by atoms with Gasteiger partial charge in [-0.1, -0.05) is 0 Å². The molecule has 1 aromatic rings. The average molecular weight is 264 g/mol. The Hall–Kier alpha value is -1.75. The number of rotatable bonds is 5. The molecule has 5 nitrogen and oxygen atoms in total. The predicted molar refractivity (Wildman–Crippen MR) is 73.2 cm³/mol. The van der Waals surface area contributed by atoms with Crippen molar-refractivity contribution >= 4 is 11.6 Å². The summed E-state index contributed by atoms with van der Waals surface area (Å²) in [6.45, 7) is 2.80. The normalized spacial score (nSPS) is 22.8. The highest BCUT2D eigenvalue weighted by atomic mass is 16.5. The summed E-state index contributed by atoms with van der Waals surface area (Å²) in [6, 6.07) is 7.98. The molecule has 3 N–H and O–H groups in total. The van der Waals surface area contributed by atoms with Crippen molar-refractivity contribution in [1.82, 2.24) is 0 Å². The van der Waals surface area contributed by atoms with E-state index in [4.69, 9.17) is 15.2 Å². The van der Waals surface area contributed by atoms with Gasteiger partial charge in [-0.15, -0.1) is 0 Å². The molecule has 1 aliphatic rings. The van der Waals surface area contributed by atoms with Crippen LogP contribution in [0.15, 0.2) is 24.3 Å². The lowest BCUT2D eigenvalue weighted by Crippen LogP contribution is -2.32. The third-order valence-electron chi connectivity index (χ3n) is 3.09. The average Bonchev–Trinajstić information content (AvgIpc) is 2.38. The van der Waals surface area contributed by atoms with E-state index in [1.54, 1.807) is 0 Å². The van der Waals surface area contributed by atoms with Gasteiger partial charge in [0.25, 0.3) is 5.91 Å². The maximum Gasteiger partial charge on any atom is 0.255 e. The number of hydrogen-bond acceptors (Lipinski definition) is 4. The van der Waals surface area contributed by atoms with Crippen LogP contribution < -0.4 is 15.8 Å². The van der Waals surface area contributed by atoms with Gasteiger partial charge >= 0.3 is 0 Å². The minimum atomic E-state index is -0.474. The smallest absolute Gasteiger partial charge is 0.255 e. The van der Waals surface area contributed by atoms with Crippen LogP contribution in [0.4, 0.5) is 5.69 Å². The number of nitrogens with two attached hydrogens (primary N) is 1. The van der Waals surface area contributed by atoms with Gasteiger partial charge < -0.3 is 20.5 Å². The molecule has 1 fully saturated rings. The summed E-state index contributed by atoms with van der Waals surface area (Å²) in [4.78, 5) is 10.6. The van der Waals surface area contributed by atoms with E-state index in [1.165, 1.54) is 0 Å². The van der Waals surface area contributed by atoms with Gasteiger partial charge in [-0.25, -0.2) is 0 Å². The van der Waals surface area contributed by atoms with Crippen LogP contribution in [0, 0.1) is 0 Å². The number of nitrogens with one attached hydrogen (secondary N) is 1. The Balaban J connectivity index is 1.85. The Bertz CT molecular complexity index is 419. The fourth-order valence-corrected chi connectivity index (χ4v) is 2.17. The van der Waals surface area contributed by atoms with Gasteiger partial charge in [0, 0.05) is 18.3 Å². The topological polar surface area (TPSA) is 73.6 Å². The summed E-state index contributed by atoms with van der Waals surface area (Å²) in [5.74, 6) is 0.170. The second-order valence-corrected chi connectivity index (χ2v) is 4.83. The van der Waals surface area contributed by atoms with Crippen LogP contribution in [-0.4, -0.2) is 31.3 Å². The van der Waals surface area contributed by atoms with Crippen LogP contribution in [0.25, 0.3) is 0 Å². The van der Waals surface area contributed by atoms with Crippen molar-refractivity contribution in [2.45, 2.75) is 31.9 Å². The third-order valence-corrected chi connectivity index (χ3v) is 3.09. The number of carbonyl (C=O) groups is 1. The Kier molecular flexibility index (Phi) is 4.63. The van der Waals surface area contributed by atoms with E-state index in [9.17, 15) is 4.79 Å². The largest absolute Gasteiger partial charge is 0.484 e. The summed E-state index contributed by atoms with van der Waals surface area (Å²) >= 11 is 0. The first-order valence-electron chi connectivity index (χ1n) is 6.53. The van der Waals surface area contributed by atoms with Gasteiger partial charge in [0.05, 0.1) is 6.10 Å². The first-order valence-corrected chi connectivity index (χ1v) is 6.53. The zero-order valence-corrected chi connectivity index (χ0v) is 11.1. The predicted octanol–water partition coefficient (Wildman–Crippen LogP) is 1.53. The van der Waals surface area contributed by atoms with Crippen LogP contribution in [0.5, 0.6) is 5.75 Å². The van der Waals surface area contributed by atoms with Crippen molar-refractivity contribution in [1.29, 1.82) is 0 Å². The number of anilines is 1. The minimum absolute atomic E-state index is 0.0930. The van der Waals surface area contributed by atoms with Gasteiger partial charge in [-0.3, -0.25) is 4.79 Å². The second kappa shape index (κ2) is 6.43. The van der Waals surface area contributed by atoms with Crippen LogP contribution in [0.2, 0.25) is 0 Å². The van der Waals surface area contributed by atoms with E-state index in [1.807, 2.05) is 24.3 Å². The first kappa shape index (κ1) is 13.7. The number of primary amides is 1. The van der Waals surface area contributed by atoms with E-state index >= 15 is 0 Å². The molecule has 2 unspecified atom stereocenters. The van der Waals surface area contributed by atoms with Gasteiger partial charge in [0.1, 0.15) is 5.75 Å². The number of amides is 1. The van der Waals surface area contributed by atoms with Crippen LogP contribution in [-0.2, 0) is 9.53 Å². The lowest BCUT2D eigenvalue weighted by atomic mass is 10.0. The quantitative estimate of drug-likeness (QED) is 0.846. The standard InChI is InChI=1S/C14H20N2O3/c1-10-8-12(6-7-18-10)16-11-2-4-13(5-3-11)19-9-14(15)17/h2-5,10,12,16H,6-9H2,1H3,(H2,15,17). The molecule has 0 bridgehead atoms. The lowest BCUT2D eigenvalue weighted by molar-refractivity contribution is -0.119. The molecule has 1 amide bonds. The molecule has 2 rings (SSSR count). The molecule has 2 atom stereocenters. The van der Waals surface area contributed by atoms with E-state index in [-0.39, 0.29) is 6.61 Å². The summed E-state index contributed by atoms with van der Waals surface area (Å²) in [6.07, 6.45) is 2.34. The Morgan fingerprint density at radius 3 is 2.84 bits per heavy atom. The van der Waals surface area contributed by atoms with Crippen LogP contribution in [0.1, 0.15) is 19.8 Å². The van der Waals surface area contributed by atoms with Crippen LogP contribution in [0.3, 0.4) is 0 Å². The molecule has 0 spiro atoms. The number of ether oxygens (including phenoxy) is 2. The summed E-state index contributed by atoms with van der Waals surface area (Å²) in [7, 11) is 0. The van der Waals surface area contributed by atoms with E-state index in [2.05, 4.69) is 12.2 Å². The molecule has 0 saturated carbocycles. The maximum atomic E-state index is 10.6. The molecule has 1 aliphatic heterocycles. The zero-order valence-electron chi connectivity index (χ0n) is 11.1. The van der Waals surface area contributed by atoms with Gasteiger partial charge in [0.15, 0.2) is 6.61 Å². The second-order valence-electron chi connectivity index (χ2n) is 4.83. The number of hydrogen-bond donors (Lipinski definition) is 2. The van der Waals surface area contributed by atoms with E-state index in [0.717, 1.165) is 25.1 Å². The van der Waals surface area contributed by atoms with Crippen molar-refractivity contribution in [3.05, 3.63) is 24.3 Å². The molecule has 0 radical (unpaired) electrons. The molecule has 1 aromatic carbocycles. The molecular weight excluding hydrogens is 244 g/mol. The maximum absolute atomic E-state index is 10.6. The molecule has 104 valence electrons. The fraction of sp³-hybridized carbons (Fsp3) is 0.500. The third kappa shape index (κ3) is 4.44. The highest BCUT2D eigenvalue weighted by Gasteiger charge is 2.18. The Labute approximate surface area is 113 Å². The molecule has 0 aromatic heterocycles. The lowest BCUT2D eigenvalue weighted by Gasteiger charge is -2.28. The van der Waals surface area contributed by atoms with E-state index < -0.39 is 5.91 Å². The van der Waals surface area contributed by atoms with Crippen molar-refractivity contribution in [3.8, 4) is 5.75 Å². The zero-order chi connectivity index (χ0) is 13.7. The van der Waals surface area contributed by atoms with Crippen molar-refractivity contribution in [3.63, 3.8) is 0 Å². The minimum Gasteiger partial charge on any atom is -0.484 e. The molecule has 1 saturated heterocycles. The monoisotopic (exact) mass is 264 g/mol. The van der Waals surface area contributed by atoms with Crippen molar-refractivity contribution in [2.75, 3.05) is 18.5 Å². The fourth-order valence-electron chi connectivity index (χ4n) is 2.17. The first-order chi connectivity index (χ1) is 9.13. The van der Waals surface area contributed by atoms with Gasteiger partial charge in [-0.05, 0) is 44.0 Å². The summed E-state index contributed by atoms with van der Waals surface area (Å²) < 4.78 is 10.7. The highest BCUT2D eigenvalue weighted by molar-refractivity contribution is 5.75. The molecular formula is C14H20N2O3. The van der Waals surface area contributed by atoms with Crippen molar-refractivity contribution in [2.24, 2.45) is 5.73 Å². The molecule has 19 heavy (non-hydrogen) atoms.